The molecule has 0 bridgehead atoms. The Balaban J connectivity index is 2.19. The fourth-order valence-corrected chi connectivity index (χ4v) is 3.60. The molecule has 0 spiro atoms. The van der Waals surface area contributed by atoms with Crippen LogP contribution in [0.15, 0.2) is 18.2 Å². The highest BCUT2D eigenvalue weighted by Crippen LogP contribution is 2.40. The van der Waals surface area contributed by atoms with Gasteiger partial charge in [-0.15, -0.1) is 0 Å². The van der Waals surface area contributed by atoms with Crippen molar-refractivity contribution in [2.75, 3.05) is 13.1 Å². The Labute approximate surface area is 117 Å². The summed E-state index contributed by atoms with van der Waals surface area (Å²) in [5, 5.41) is 0. The summed E-state index contributed by atoms with van der Waals surface area (Å²) >= 11 is 0. The Kier molecular flexibility index (Phi) is 4.58. The highest BCUT2D eigenvalue weighted by atomic mass is 15.2. The molecule has 3 nitrogen and oxygen atoms in total. The number of hydrogen-bond donors (Lipinski definition) is 1. The van der Waals surface area contributed by atoms with E-state index in [1.54, 1.807) is 0 Å². The summed E-state index contributed by atoms with van der Waals surface area (Å²) in [5.74, 6) is 0.683. The molecule has 1 aromatic rings. The summed E-state index contributed by atoms with van der Waals surface area (Å²) in [6.07, 6.45) is 3.83. The highest BCUT2D eigenvalue weighted by Gasteiger charge is 2.43. The van der Waals surface area contributed by atoms with Crippen LogP contribution in [0, 0.1) is 12.8 Å². The maximum atomic E-state index is 6.16. The Morgan fingerprint density at radius 2 is 2.26 bits per heavy atom. The number of aryl methyl sites for hydroxylation is 1. The molecule has 2 atom stereocenters. The fourth-order valence-electron chi connectivity index (χ4n) is 3.60. The lowest BCUT2D eigenvalue weighted by molar-refractivity contribution is 0.0602. The van der Waals surface area contributed by atoms with Crippen LogP contribution in [-0.2, 0) is 6.54 Å². The van der Waals surface area contributed by atoms with Crippen LogP contribution in [0.4, 0.5) is 0 Å². The van der Waals surface area contributed by atoms with Gasteiger partial charge in [-0.05, 0) is 44.4 Å². The molecule has 1 aliphatic carbocycles. The topological polar surface area (TPSA) is 42.2 Å². The van der Waals surface area contributed by atoms with Gasteiger partial charge in [-0.3, -0.25) is 9.88 Å². The summed E-state index contributed by atoms with van der Waals surface area (Å²) < 4.78 is 0. The molecular formula is C16H27N3. The first-order chi connectivity index (χ1) is 9.12. The maximum absolute atomic E-state index is 6.16. The second-order valence-corrected chi connectivity index (χ2v) is 5.89. The van der Waals surface area contributed by atoms with E-state index in [2.05, 4.69) is 48.9 Å². The Morgan fingerprint density at radius 1 is 1.47 bits per heavy atom. The molecule has 0 amide bonds. The van der Waals surface area contributed by atoms with Crippen molar-refractivity contribution in [1.82, 2.24) is 9.88 Å². The minimum atomic E-state index is 0.181. The van der Waals surface area contributed by atoms with Crippen LogP contribution in [0.5, 0.6) is 0 Å². The first kappa shape index (κ1) is 14.5. The van der Waals surface area contributed by atoms with Gasteiger partial charge in [0.05, 0.1) is 5.69 Å². The summed E-state index contributed by atoms with van der Waals surface area (Å²) in [6, 6.07) is 6.27. The largest absolute Gasteiger partial charge is 0.329 e. The van der Waals surface area contributed by atoms with Crippen LogP contribution in [-0.4, -0.2) is 28.5 Å². The van der Waals surface area contributed by atoms with Gasteiger partial charge in [0.1, 0.15) is 0 Å². The number of nitrogens with zero attached hydrogens (tertiary/aromatic N) is 2. The van der Waals surface area contributed by atoms with Gasteiger partial charge < -0.3 is 5.73 Å². The van der Waals surface area contributed by atoms with Crippen molar-refractivity contribution in [2.45, 2.75) is 52.1 Å². The molecule has 0 saturated heterocycles. The number of rotatable bonds is 5. The molecule has 2 unspecified atom stereocenters. The molecule has 2 N–H and O–H groups in total. The fraction of sp³-hybridized carbons (Fsp3) is 0.688. The van der Waals surface area contributed by atoms with Gasteiger partial charge in [0.15, 0.2) is 0 Å². The minimum Gasteiger partial charge on any atom is -0.329 e. The highest BCUT2D eigenvalue weighted by molar-refractivity contribution is 5.11. The van der Waals surface area contributed by atoms with Gasteiger partial charge in [-0.25, -0.2) is 0 Å². The standard InChI is InChI=1S/C16H27N3/c1-4-19(11-15-9-5-8-14(3)18-15)16(12-17)10-6-7-13(16)2/h5,8-9,13H,4,6-7,10-12,17H2,1-3H3. The molecule has 1 aromatic heterocycles. The summed E-state index contributed by atoms with van der Waals surface area (Å²) in [7, 11) is 0. The number of nitrogens with two attached hydrogens (primary N) is 1. The van der Waals surface area contributed by atoms with Crippen LogP contribution < -0.4 is 5.73 Å². The predicted molar refractivity (Wildman–Crippen MR) is 79.9 cm³/mol. The van der Waals surface area contributed by atoms with Crippen molar-refractivity contribution < 1.29 is 0 Å². The first-order valence-electron chi connectivity index (χ1n) is 7.50. The van der Waals surface area contributed by atoms with Crippen molar-refractivity contribution in [2.24, 2.45) is 11.7 Å². The smallest absolute Gasteiger partial charge is 0.0547 e. The van der Waals surface area contributed by atoms with Gasteiger partial charge in [0, 0.05) is 24.3 Å². The molecule has 0 radical (unpaired) electrons. The van der Waals surface area contributed by atoms with Crippen molar-refractivity contribution in [1.29, 1.82) is 0 Å². The third-order valence-corrected chi connectivity index (χ3v) is 4.83. The third kappa shape index (κ3) is 2.82. The number of pyridine rings is 1. The first-order valence-corrected chi connectivity index (χ1v) is 7.50. The van der Waals surface area contributed by atoms with Crippen LogP contribution in [0.25, 0.3) is 0 Å². The zero-order valence-electron chi connectivity index (χ0n) is 12.5. The van der Waals surface area contributed by atoms with E-state index in [4.69, 9.17) is 5.73 Å². The van der Waals surface area contributed by atoms with Crippen molar-refractivity contribution in [3.63, 3.8) is 0 Å². The lowest BCUT2D eigenvalue weighted by Gasteiger charge is -2.43. The number of aromatic nitrogens is 1. The average molecular weight is 261 g/mol. The molecule has 106 valence electrons. The normalized spacial score (nSPS) is 27.1. The predicted octanol–water partition coefficient (Wildman–Crippen LogP) is 2.73. The molecule has 1 aliphatic rings. The Hall–Kier alpha value is -0.930. The van der Waals surface area contributed by atoms with Crippen LogP contribution in [0.1, 0.15) is 44.5 Å². The molecule has 3 heteroatoms. The van der Waals surface area contributed by atoms with E-state index >= 15 is 0 Å². The lowest BCUT2D eigenvalue weighted by atomic mass is 9.86. The quantitative estimate of drug-likeness (QED) is 0.886. The van der Waals surface area contributed by atoms with Crippen molar-refractivity contribution in [3.8, 4) is 0 Å². The van der Waals surface area contributed by atoms with Gasteiger partial charge in [-0.1, -0.05) is 26.3 Å². The molecule has 0 aliphatic heterocycles. The molecule has 1 fully saturated rings. The van der Waals surface area contributed by atoms with E-state index in [0.29, 0.717) is 5.92 Å². The van der Waals surface area contributed by atoms with Crippen molar-refractivity contribution >= 4 is 0 Å². The van der Waals surface area contributed by atoms with E-state index in [0.717, 1.165) is 31.0 Å². The molecule has 0 aromatic carbocycles. The van der Waals surface area contributed by atoms with E-state index in [1.165, 1.54) is 19.3 Å². The molecule has 1 heterocycles. The van der Waals surface area contributed by atoms with Crippen LogP contribution >= 0.6 is 0 Å². The van der Waals surface area contributed by atoms with Crippen molar-refractivity contribution in [3.05, 3.63) is 29.6 Å². The Morgan fingerprint density at radius 3 is 2.79 bits per heavy atom. The number of hydrogen-bond acceptors (Lipinski definition) is 3. The second kappa shape index (κ2) is 6.02. The van der Waals surface area contributed by atoms with E-state index in [1.807, 2.05) is 0 Å². The molecule has 1 saturated carbocycles. The molecule has 19 heavy (non-hydrogen) atoms. The zero-order valence-corrected chi connectivity index (χ0v) is 12.5. The van der Waals surface area contributed by atoms with Gasteiger partial charge >= 0.3 is 0 Å². The van der Waals surface area contributed by atoms with E-state index in [-0.39, 0.29) is 5.54 Å². The van der Waals surface area contributed by atoms with Gasteiger partial charge in [0.2, 0.25) is 0 Å². The van der Waals surface area contributed by atoms with Crippen LogP contribution in [0.2, 0.25) is 0 Å². The summed E-state index contributed by atoms with van der Waals surface area (Å²) in [5.41, 5.74) is 8.59. The summed E-state index contributed by atoms with van der Waals surface area (Å²) in [6.45, 7) is 9.35. The van der Waals surface area contributed by atoms with Gasteiger partial charge in [0.25, 0.3) is 0 Å². The van der Waals surface area contributed by atoms with Gasteiger partial charge in [-0.2, -0.15) is 0 Å². The monoisotopic (exact) mass is 261 g/mol. The zero-order chi connectivity index (χ0) is 13.9. The minimum absolute atomic E-state index is 0.181. The van der Waals surface area contributed by atoms with Crippen LogP contribution in [0.3, 0.4) is 0 Å². The third-order valence-electron chi connectivity index (χ3n) is 4.83. The van der Waals surface area contributed by atoms with E-state index < -0.39 is 0 Å². The summed E-state index contributed by atoms with van der Waals surface area (Å²) in [4.78, 5) is 7.19. The average Bonchev–Trinajstić information content (AvgIpc) is 2.78. The Bertz CT molecular complexity index is 418. The maximum Gasteiger partial charge on any atom is 0.0547 e. The lowest BCUT2D eigenvalue weighted by Crippen LogP contribution is -2.55. The van der Waals surface area contributed by atoms with E-state index in [9.17, 15) is 0 Å². The molecular weight excluding hydrogens is 234 g/mol. The number of likely N-dealkylation sites (N-methyl/N-ethyl adjacent to an activating group) is 1. The second-order valence-electron chi connectivity index (χ2n) is 5.89. The SMILES string of the molecule is CCN(Cc1cccc(C)n1)C1(CN)CCCC1C. The molecule has 2 rings (SSSR count).